The number of aromatic nitrogens is 1. The molecule has 1 aromatic heterocycles. The van der Waals surface area contributed by atoms with Crippen molar-refractivity contribution in [1.82, 2.24) is 9.88 Å². The molecule has 2 rings (SSSR count). The number of hydrogen-bond acceptors (Lipinski definition) is 5. The van der Waals surface area contributed by atoms with Crippen LogP contribution < -0.4 is 10.2 Å². The Morgan fingerprint density at radius 1 is 1.35 bits per heavy atom. The van der Waals surface area contributed by atoms with Crippen LogP contribution in [0, 0.1) is 6.92 Å². The summed E-state index contributed by atoms with van der Waals surface area (Å²) < 4.78 is 6.51. The Hall–Kier alpha value is -1.63. The number of nitrogens with one attached hydrogen (secondary N) is 1. The lowest BCUT2D eigenvalue weighted by Crippen LogP contribution is -2.42. The molecule has 7 heteroatoms. The topological polar surface area (TPSA) is 77.4 Å². The van der Waals surface area contributed by atoms with Gasteiger partial charge in [0.25, 0.3) is 5.91 Å². The van der Waals surface area contributed by atoms with E-state index >= 15 is 0 Å². The molecule has 0 bridgehead atoms. The summed E-state index contributed by atoms with van der Waals surface area (Å²) in [7, 11) is 0. The lowest BCUT2D eigenvalue weighted by atomic mass is 10.1. The first kappa shape index (κ1) is 17.7. The van der Waals surface area contributed by atoms with E-state index < -0.39 is 12.1 Å². The summed E-state index contributed by atoms with van der Waals surface area (Å²) in [5.74, 6) is -0.836. The van der Waals surface area contributed by atoms with Crippen LogP contribution in [0.25, 0.3) is 0 Å². The van der Waals surface area contributed by atoms with Gasteiger partial charge in [0.2, 0.25) is 0 Å². The minimum Gasteiger partial charge on any atom is -0.451 e. The molecule has 1 saturated carbocycles. The van der Waals surface area contributed by atoms with Gasteiger partial charge in [-0.1, -0.05) is 37.0 Å². The minimum atomic E-state index is -0.847. The van der Waals surface area contributed by atoms with Gasteiger partial charge >= 0.3 is 10.8 Å². The van der Waals surface area contributed by atoms with Crippen LogP contribution in [0.4, 0.5) is 0 Å². The van der Waals surface area contributed by atoms with Crippen LogP contribution in [-0.2, 0) is 20.9 Å². The van der Waals surface area contributed by atoms with Crippen molar-refractivity contribution in [2.75, 3.05) is 0 Å². The molecule has 1 N–H and O–H groups in total. The second-order valence-corrected chi connectivity index (χ2v) is 6.88. The first-order valence-electron chi connectivity index (χ1n) is 8.12. The highest BCUT2D eigenvalue weighted by Gasteiger charge is 2.22. The molecule has 6 nitrogen and oxygen atoms in total. The van der Waals surface area contributed by atoms with Crippen molar-refractivity contribution in [2.24, 2.45) is 0 Å². The molecule has 0 spiro atoms. The monoisotopic (exact) mass is 340 g/mol. The van der Waals surface area contributed by atoms with Gasteiger partial charge in [-0.2, -0.15) is 0 Å². The molecule has 1 fully saturated rings. The smallest absolute Gasteiger partial charge is 0.326 e. The van der Waals surface area contributed by atoms with Crippen molar-refractivity contribution in [3.63, 3.8) is 0 Å². The fraction of sp³-hybridized carbons (Fsp3) is 0.688. The highest BCUT2D eigenvalue weighted by Crippen LogP contribution is 2.17. The fourth-order valence-electron chi connectivity index (χ4n) is 2.76. The average molecular weight is 340 g/mol. The van der Waals surface area contributed by atoms with Crippen LogP contribution >= 0.6 is 11.3 Å². The minimum absolute atomic E-state index is 0.158. The Bertz CT molecular complexity index is 599. The fourth-order valence-corrected chi connectivity index (χ4v) is 3.49. The van der Waals surface area contributed by atoms with Crippen molar-refractivity contribution < 1.29 is 14.3 Å². The van der Waals surface area contributed by atoms with Crippen molar-refractivity contribution in [3.05, 3.63) is 20.7 Å². The standard InChI is InChI=1S/C16H24N2O4S/c1-11-10-23-16(21)18(11)9-14(19)22-12(2)15(20)17-13-7-5-3-4-6-8-13/h10,12-13H,3-9H2,1-2H3,(H,17,20)/t12-/m1/s1. The SMILES string of the molecule is Cc1csc(=O)n1CC(=O)O[C@H](C)C(=O)NC1CCCCCC1. The Morgan fingerprint density at radius 3 is 2.57 bits per heavy atom. The van der Waals surface area contributed by atoms with Gasteiger partial charge in [-0.15, -0.1) is 0 Å². The van der Waals surface area contributed by atoms with Crippen molar-refractivity contribution in [2.45, 2.75) is 71.1 Å². The Kier molecular flexibility index (Phi) is 6.38. The maximum Gasteiger partial charge on any atom is 0.326 e. The zero-order chi connectivity index (χ0) is 16.8. The molecule has 0 saturated heterocycles. The van der Waals surface area contributed by atoms with E-state index in [-0.39, 0.29) is 23.4 Å². The van der Waals surface area contributed by atoms with Gasteiger partial charge in [-0.25, -0.2) is 0 Å². The van der Waals surface area contributed by atoms with Crippen LogP contribution in [0.3, 0.4) is 0 Å². The van der Waals surface area contributed by atoms with Gasteiger partial charge in [0.05, 0.1) is 0 Å². The summed E-state index contributed by atoms with van der Waals surface area (Å²) >= 11 is 1.04. The molecule has 23 heavy (non-hydrogen) atoms. The highest BCUT2D eigenvalue weighted by molar-refractivity contribution is 7.07. The summed E-state index contributed by atoms with van der Waals surface area (Å²) in [5.41, 5.74) is 0.715. The Balaban J connectivity index is 1.82. The maximum atomic E-state index is 12.1. The van der Waals surface area contributed by atoms with Crippen molar-refractivity contribution >= 4 is 23.2 Å². The van der Waals surface area contributed by atoms with Crippen molar-refractivity contribution in [1.29, 1.82) is 0 Å². The highest BCUT2D eigenvalue weighted by atomic mass is 32.1. The van der Waals surface area contributed by atoms with Crippen LogP contribution in [0.15, 0.2) is 10.2 Å². The van der Waals surface area contributed by atoms with Gasteiger partial charge in [0.15, 0.2) is 6.10 Å². The lowest BCUT2D eigenvalue weighted by Gasteiger charge is -2.19. The van der Waals surface area contributed by atoms with Gasteiger partial charge in [-0.3, -0.25) is 19.0 Å². The van der Waals surface area contributed by atoms with E-state index in [0.717, 1.165) is 37.0 Å². The number of rotatable bonds is 5. The molecule has 1 heterocycles. The van der Waals surface area contributed by atoms with Gasteiger partial charge in [-0.05, 0) is 26.7 Å². The molecule has 1 aliphatic rings. The molecule has 0 unspecified atom stereocenters. The Morgan fingerprint density at radius 2 is 2.00 bits per heavy atom. The molecule has 0 aromatic carbocycles. The summed E-state index contributed by atoms with van der Waals surface area (Å²) in [5, 5.41) is 4.66. The van der Waals surface area contributed by atoms with E-state index in [0.29, 0.717) is 5.69 Å². The van der Waals surface area contributed by atoms with E-state index in [2.05, 4.69) is 5.32 Å². The van der Waals surface area contributed by atoms with Gasteiger partial charge in [0.1, 0.15) is 6.54 Å². The third kappa shape index (κ3) is 5.20. The molecule has 0 aliphatic heterocycles. The van der Waals surface area contributed by atoms with Crippen LogP contribution in [0.1, 0.15) is 51.1 Å². The first-order chi connectivity index (χ1) is 11.0. The number of carbonyl (C=O) groups excluding carboxylic acids is 2. The first-order valence-corrected chi connectivity index (χ1v) is 9.00. The number of hydrogen-bond donors (Lipinski definition) is 1. The second kappa shape index (κ2) is 8.29. The van der Waals surface area contributed by atoms with Gasteiger partial charge < -0.3 is 10.1 Å². The average Bonchev–Trinajstić information content (AvgIpc) is 2.72. The summed E-state index contributed by atoms with van der Waals surface area (Å²) in [6.07, 6.45) is 5.79. The number of nitrogens with zero attached hydrogens (tertiary/aromatic N) is 1. The van der Waals surface area contributed by atoms with E-state index in [9.17, 15) is 14.4 Å². The summed E-state index contributed by atoms with van der Waals surface area (Å²) in [6, 6.07) is 0.174. The molecule has 1 aromatic rings. The number of carbonyl (C=O) groups is 2. The number of aryl methyl sites for hydroxylation is 1. The Labute approximate surface area is 139 Å². The number of esters is 1. The van der Waals surface area contributed by atoms with Crippen molar-refractivity contribution in [3.8, 4) is 0 Å². The largest absolute Gasteiger partial charge is 0.451 e. The van der Waals surface area contributed by atoms with E-state index in [4.69, 9.17) is 4.74 Å². The van der Waals surface area contributed by atoms with Crippen LogP contribution in [0.5, 0.6) is 0 Å². The molecule has 1 atom stereocenters. The third-order valence-electron chi connectivity index (χ3n) is 4.14. The maximum absolute atomic E-state index is 12.1. The third-order valence-corrected chi connectivity index (χ3v) is 5.02. The van der Waals surface area contributed by atoms with E-state index in [1.54, 1.807) is 19.2 Å². The van der Waals surface area contributed by atoms with Crippen LogP contribution in [0.2, 0.25) is 0 Å². The lowest BCUT2D eigenvalue weighted by molar-refractivity contribution is -0.155. The molecular weight excluding hydrogens is 316 g/mol. The van der Waals surface area contributed by atoms with Gasteiger partial charge in [0, 0.05) is 17.1 Å². The molecule has 1 amide bonds. The molecule has 1 aliphatic carbocycles. The number of thiazole rings is 1. The van der Waals surface area contributed by atoms with Crippen LogP contribution in [-0.4, -0.2) is 28.6 Å². The zero-order valence-electron chi connectivity index (χ0n) is 13.7. The second-order valence-electron chi connectivity index (χ2n) is 6.06. The normalized spacial score (nSPS) is 17.3. The van der Waals surface area contributed by atoms with E-state index in [1.807, 2.05) is 0 Å². The molecular formula is C16H24N2O4S. The van der Waals surface area contributed by atoms with E-state index in [1.165, 1.54) is 17.4 Å². The predicted octanol–water partition coefficient (Wildman–Crippen LogP) is 1.99. The summed E-state index contributed by atoms with van der Waals surface area (Å²) in [6.45, 7) is 3.16. The molecule has 0 radical (unpaired) electrons. The quantitative estimate of drug-likeness (QED) is 0.657. The summed E-state index contributed by atoms with van der Waals surface area (Å²) in [4.78, 5) is 35.4. The predicted molar refractivity (Wildman–Crippen MR) is 88.5 cm³/mol. The number of amides is 1. The zero-order valence-corrected chi connectivity index (χ0v) is 14.5. The number of ether oxygens (including phenoxy) is 1. The molecule has 128 valence electrons.